The number of pyridine rings is 1. The van der Waals surface area contributed by atoms with Gasteiger partial charge in [0.2, 0.25) is 0 Å². The predicted molar refractivity (Wildman–Crippen MR) is 59.1 cm³/mol. The highest BCUT2D eigenvalue weighted by Gasteiger charge is 2.20. The molecule has 0 spiro atoms. The quantitative estimate of drug-likeness (QED) is 0.837. The van der Waals surface area contributed by atoms with Crippen molar-refractivity contribution in [2.45, 2.75) is 25.5 Å². The Morgan fingerprint density at radius 3 is 3.07 bits per heavy atom. The Labute approximate surface area is 91.9 Å². The van der Waals surface area contributed by atoms with E-state index < -0.39 is 0 Å². The zero-order valence-corrected chi connectivity index (χ0v) is 9.44. The topological polar surface area (TPSA) is 36.4 Å². The Balaban J connectivity index is 2.20. The highest BCUT2D eigenvalue weighted by molar-refractivity contribution is 9.10. The summed E-state index contributed by atoms with van der Waals surface area (Å²) >= 11 is 3.40. The fraction of sp³-hybridized carbons (Fsp3) is 0.500. The molecule has 0 amide bonds. The van der Waals surface area contributed by atoms with Crippen molar-refractivity contribution in [2.24, 2.45) is 0 Å². The fourth-order valence-electron chi connectivity index (χ4n) is 1.73. The minimum atomic E-state index is -0.370. The summed E-state index contributed by atoms with van der Waals surface area (Å²) in [4.78, 5) is 6.20. The van der Waals surface area contributed by atoms with E-state index in [4.69, 9.17) is 0 Å². The second-order valence-electron chi connectivity index (χ2n) is 3.50. The van der Waals surface area contributed by atoms with Crippen molar-refractivity contribution in [3.05, 3.63) is 22.8 Å². The average molecular weight is 257 g/mol. The van der Waals surface area contributed by atoms with E-state index in [2.05, 4.69) is 20.9 Å². The largest absolute Gasteiger partial charge is 0.374 e. The maximum absolute atomic E-state index is 9.78. The van der Waals surface area contributed by atoms with Crippen molar-refractivity contribution in [3.63, 3.8) is 0 Å². The molecule has 1 N–H and O–H groups in total. The molecule has 1 aliphatic heterocycles. The van der Waals surface area contributed by atoms with Gasteiger partial charge < -0.3 is 10.0 Å². The lowest BCUT2D eigenvalue weighted by atomic mass is 10.1. The molecule has 1 saturated heterocycles. The molecule has 4 heteroatoms. The van der Waals surface area contributed by atoms with Gasteiger partial charge in [0.1, 0.15) is 12.0 Å². The van der Waals surface area contributed by atoms with Gasteiger partial charge in [-0.25, -0.2) is 4.98 Å². The molecule has 1 aliphatic rings. The molecule has 1 aromatic rings. The summed E-state index contributed by atoms with van der Waals surface area (Å²) in [5, 5.41) is 9.78. The van der Waals surface area contributed by atoms with Crippen molar-refractivity contribution in [1.82, 2.24) is 4.98 Å². The molecule has 1 atom stereocenters. The molecule has 14 heavy (non-hydrogen) atoms. The second-order valence-corrected chi connectivity index (χ2v) is 4.42. The normalized spacial score (nSPS) is 22.4. The van der Waals surface area contributed by atoms with Gasteiger partial charge in [0.25, 0.3) is 0 Å². The first-order valence-electron chi connectivity index (χ1n) is 4.83. The summed E-state index contributed by atoms with van der Waals surface area (Å²) < 4.78 is 1.00. The zero-order chi connectivity index (χ0) is 9.97. The van der Waals surface area contributed by atoms with Gasteiger partial charge >= 0.3 is 0 Å². The van der Waals surface area contributed by atoms with Crippen LogP contribution in [-0.2, 0) is 0 Å². The van der Waals surface area contributed by atoms with Crippen molar-refractivity contribution >= 4 is 21.7 Å². The van der Waals surface area contributed by atoms with Gasteiger partial charge in [-0.2, -0.15) is 0 Å². The molecule has 0 aromatic carbocycles. The molecule has 0 aliphatic carbocycles. The van der Waals surface area contributed by atoms with Crippen LogP contribution in [0.15, 0.2) is 22.8 Å². The van der Waals surface area contributed by atoms with E-state index in [-0.39, 0.29) is 6.23 Å². The summed E-state index contributed by atoms with van der Waals surface area (Å²) in [5.41, 5.74) is 0. The smallest absolute Gasteiger partial charge is 0.131 e. The Hall–Kier alpha value is -0.610. The van der Waals surface area contributed by atoms with Gasteiger partial charge in [-0.3, -0.25) is 0 Å². The summed E-state index contributed by atoms with van der Waals surface area (Å²) in [6.45, 7) is 0.893. The minimum absolute atomic E-state index is 0.370. The van der Waals surface area contributed by atoms with E-state index in [1.807, 2.05) is 17.0 Å². The van der Waals surface area contributed by atoms with E-state index in [0.717, 1.165) is 36.1 Å². The van der Waals surface area contributed by atoms with E-state index in [0.29, 0.717) is 0 Å². The molecule has 2 rings (SSSR count). The third-order valence-corrected chi connectivity index (χ3v) is 2.97. The van der Waals surface area contributed by atoms with Crippen LogP contribution in [0.5, 0.6) is 0 Å². The van der Waals surface area contributed by atoms with Crippen LogP contribution in [0.25, 0.3) is 0 Å². The molecule has 2 heterocycles. The van der Waals surface area contributed by atoms with Crippen LogP contribution in [0.3, 0.4) is 0 Å². The van der Waals surface area contributed by atoms with Crippen LogP contribution < -0.4 is 4.90 Å². The van der Waals surface area contributed by atoms with E-state index >= 15 is 0 Å². The first-order chi connectivity index (χ1) is 6.77. The highest BCUT2D eigenvalue weighted by Crippen LogP contribution is 2.23. The van der Waals surface area contributed by atoms with Crippen molar-refractivity contribution < 1.29 is 5.11 Å². The van der Waals surface area contributed by atoms with E-state index in [1.54, 1.807) is 6.20 Å². The molecule has 1 fully saturated rings. The monoisotopic (exact) mass is 256 g/mol. The first-order valence-corrected chi connectivity index (χ1v) is 5.63. The van der Waals surface area contributed by atoms with Gasteiger partial charge in [0.15, 0.2) is 0 Å². The Morgan fingerprint density at radius 1 is 1.50 bits per heavy atom. The third kappa shape index (κ3) is 2.07. The van der Waals surface area contributed by atoms with Gasteiger partial charge in [0.05, 0.1) is 0 Å². The molecule has 1 unspecified atom stereocenters. The summed E-state index contributed by atoms with van der Waals surface area (Å²) in [5.74, 6) is 0.853. The van der Waals surface area contributed by atoms with Gasteiger partial charge in [-0.1, -0.05) is 15.9 Å². The number of anilines is 1. The molecular weight excluding hydrogens is 244 g/mol. The maximum atomic E-state index is 9.78. The van der Waals surface area contributed by atoms with Crippen LogP contribution in [0, 0.1) is 0 Å². The fourth-order valence-corrected chi connectivity index (χ4v) is 2.05. The summed E-state index contributed by atoms with van der Waals surface area (Å²) in [6, 6.07) is 3.83. The summed E-state index contributed by atoms with van der Waals surface area (Å²) in [6.07, 6.45) is 4.46. The molecule has 76 valence electrons. The lowest BCUT2D eigenvalue weighted by Crippen LogP contribution is -2.39. The Morgan fingerprint density at radius 2 is 2.36 bits per heavy atom. The number of piperidine rings is 1. The van der Waals surface area contributed by atoms with E-state index in [1.165, 1.54) is 0 Å². The SMILES string of the molecule is OC1CCCCN1c1cc(Br)ccn1. The van der Waals surface area contributed by atoms with Crippen molar-refractivity contribution in [3.8, 4) is 0 Å². The van der Waals surface area contributed by atoms with Crippen LogP contribution in [-0.4, -0.2) is 22.9 Å². The van der Waals surface area contributed by atoms with Crippen LogP contribution in [0.4, 0.5) is 5.82 Å². The molecule has 1 aromatic heterocycles. The molecule has 0 saturated carbocycles. The van der Waals surface area contributed by atoms with E-state index in [9.17, 15) is 5.11 Å². The van der Waals surface area contributed by atoms with Crippen LogP contribution in [0.1, 0.15) is 19.3 Å². The zero-order valence-electron chi connectivity index (χ0n) is 7.86. The average Bonchev–Trinajstić information content (AvgIpc) is 2.18. The lowest BCUT2D eigenvalue weighted by Gasteiger charge is -2.32. The number of aromatic nitrogens is 1. The molecular formula is C10H13BrN2O. The number of rotatable bonds is 1. The Bertz CT molecular complexity index is 319. The maximum Gasteiger partial charge on any atom is 0.131 e. The number of aliphatic hydroxyl groups is 1. The molecule has 0 bridgehead atoms. The van der Waals surface area contributed by atoms with Crippen LogP contribution in [0.2, 0.25) is 0 Å². The minimum Gasteiger partial charge on any atom is -0.374 e. The highest BCUT2D eigenvalue weighted by atomic mass is 79.9. The number of halogens is 1. The number of aliphatic hydroxyl groups excluding tert-OH is 1. The van der Waals surface area contributed by atoms with Crippen molar-refractivity contribution in [2.75, 3.05) is 11.4 Å². The standard InChI is InChI=1S/C10H13BrN2O/c11-8-4-5-12-9(7-8)13-6-2-1-3-10(13)14/h4-5,7,10,14H,1-3,6H2. The van der Waals surface area contributed by atoms with Gasteiger partial charge in [-0.15, -0.1) is 0 Å². The van der Waals surface area contributed by atoms with Crippen molar-refractivity contribution in [1.29, 1.82) is 0 Å². The van der Waals surface area contributed by atoms with Crippen LogP contribution >= 0.6 is 15.9 Å². The lowest BCUT2D eigenvalue weighted by molar-refractivity contribution is 0.139. The molecule has 3 nitrogen and oxygen atoms in total. The first kappa shape index (κ1) is 9.93. The van der Waals surface area contributed by atoms with Gasteiger partial charge in [-0.05, 0) is 31.4 Å². The third-order valence-electron chi connectivity index (χ3n) is 2.47. The number of hydrogen-bond donors (Lipinski definition) is 1. The Kier molecular flexibility index (Phi) is 3.03. The summed E-state index contributed by atoms with van der Waals surface area (Å²) in [7, 11) is 0. The number of nitrogens with zero attached hydrogens (tertiary/aromatic N) is 2. The second kappa shape index (κ2) is 4.28. The van der Waals surface area contributed by atoms with Gasteiger partial charge in [0, 0.05) is 17.2 Å². The molecule has 0 radical (unpaired) electrons. The number of hydrogen-bond acceptors (Lipinski definition) is 3. The predicted octanol–water partition coefficient (Wildman–Crippen LogP) is 2.15.